The lowest BCUT2D eigenvalue weighted by atomic mass is 9.96. The maximum Gasteiger partial charge on any atom is 0.325 e. The van der Waals surface area contributed by atoms with Crippen LogP contribution in [0.15, 0.2) is 60.8 Å². The van der Waals surface area contributed by atoms with E-state index in [4.69, 9.17) is 22.9 Å². The van der Waals surface area contributed by atoms with Gasteiger partial charge in [-0.1, -0.05) is 110 Å². The number of carboxylic acid groups (broad SMARTS) is 2. The molecule has 0 fully saturated rings. The van der Waals surface area contributed by atoms with E-state index in [1.54, 1.807) is 110 Å². The molecular weight excluding hydrogens is 1380 g/mol. The quantitative estimate of drug-likeness (QED) is 0.0250. The second-order valence-electron chi connectivity index (χ2n) is 26.7. The highest BCUT2D eigenvalue weighted by Gasteiger charge is 2.39. The number of aromatic nitrogens is 1. The Hall–Kier alpha value is -10.2. The number of aliphatic hydroxyl groups is 2. The lowest BCUT2D eigenvalue weighted by molar-refractivity contribution is -0.142. The van der Waals surface area contributed by atoms with Crippen LogP contribution in [0.5, 0.6) is 0 Å². The number of hydrogen-bond donors (Lipinski definition) is 22. The first-order chi connectivity index (χ1) is 50.1. The molecule has 0 saturated heterocycles. The number of nitrogens with two attached hydrogens (primary N) is 4. The lowest BCUT2D eigenvalue weighted by Gasteiger charge is -2.30. The van der Waals surface area contributed by atoms with E-state index in [-0.39, 0.29) is 57.7 Å². The number of H-pyrrole nitrogens is 1. The number of para-hydroxylation sites is 1. The summed E-state index contributed by atoms with van der Waals surface area (Å²) in [6, 6.07) is -4.09. The summed E-state index contributed by atoms with van der Waals surface area (Å²) < 4.78 is 0. The molecule has 1 heterocycles. The number of benzene rings is 2. The van der Waals surface area contributed by atoms with Crippen molar-refractivity contribution in [2.75, 3.05) is 39.4 Å². The zero-order valence-electron chi connectivity index (χ0n) is 61.2. The van der Waals surface area contributed by atoms with Crippen molar-refractivity contribution in [2.24, 2.45) is 46.6 Å². The third kappa shape index (κ3) is 29.0. The van der Waals surface area contributed by atoms with Gasteiger partial charge in [-0.25, -0.2) is 0 Å². The molecule has 0 saturated carbocycles. The summed E-state index contributed by atoms with van der Waals surface area (Å²) in [5.74, 6) is -17.1. The van der Waals surface area contributed by atoms with Crippen LogP contribution >= 0.6 is 0 Å². The van der Waals surface area contributed by atoms with Crippen molar-refractivity contribution >= 4 is 99.6 Å². The van der Waals surface area contributed by atoms with Gasteiger partial charge in [-0.15, -0.1) is 0 Å². The van der Waals surface area contributed by atoms with Gasteiger partial charge < -0.3 is 117 Å². The minimum atomic E-state index is -1.88. The van der Waals surface area contributed by atoms with Gasteiger partial charge in [0.05, 0.1) is 25.8 Å². The van der Waals surface area contributed by atoms with Crippen molar-refractivity contribution in [3.8, 4) is 0 Å². The van der Waals surface area contributed by atoms with Crippen LogP contribution in [-0.2, 0) is 84.8 Å². The molecule has 0 aliphatic heterocycles. The Morgan fingerprint density at radius 1 is 0.425 bits per heavy atom. The van der Waals surface area contributed by atoms with Crippen molar-refractivity contribution < 1.29 is 92.3 Å². The van der Waals surface area contributed by atoms with Gasteiger partial charge in [0.25, 0.3) is 0 Å². The molecule has 0 bridgehead atoms. The Bertz CT molecular complexity index is 3490. The second-order valence-corrected chi connectivity index (χ2v) is 26.7. The Balaban J connectivity index is 1.87. The average molecular weight is 1490 g/mol. The zero-order chi connectivity index (χ0) is 79.7. The van der Waals surface area contributed by atoms with E-state index in [0.717, 1.165) is 0 Å². The maximum atomic E-state index is 14.5. The van der Waals surface area contributed by atoms with Crippen LogP contribution in [0, 0.1) is 23.7 Å². The predicted molar refractivity (Wildman–Crippen MR) is 386 cm³/mol. The molecule has 0 spiro atoms. The van der Waals surface area contributed by atoms with Crippen molar-refractivity contribution in [1.29, 1.82) is 0 Å². The smallest absolute Gasteiger partial charge is 0.325 e. The number of carbonyl (C=O) groups excluding carboxylic acids is 13. The van der Waals surface area contributed by atoms with E-state index in [2.05, 4.69) is 74.1 Å². The molecular formula is C69H108N18O19. The summed E-state index contributed by atoms with van der Waals surface area (Å²) in [5.41, 5.74) is 25.1. The molecule has 37 nitrogen and oxygen atoms in total. The SMILES string of the molecule is CC[C@H](C)[C@@H](NC(=O)[C@@H](NC(=O)[C@H](CCC(=O)O)NC(=O)[C@H](Cc1ccccc1)NC(=O)[C@@H](CCN)NC(=O)[C@H](CCN)NC(=O)[C@H](CO)NC(=O)[C@@H](Cc1c[nH]c2ccccc12)NC(=O)[C@@H](CO)NC(=O)CNC(=O)[C@@H](CCN)NC(=O)[C@H](NC(=O)[C@@H](N)C(C)C)C(C)C)C(C)C)C(=O)N[C@@H](C)C(=O)O. The molecule has 0 aliphatic rings. The number of carbonyl (C=O) groups is 15. The summed E-state index contributed by atoms with van der Waals surface area (Å²) in [6.45, 7) is 10.9. The van der Waals surface area contributed by atoms with Gasteiger partial charge in [0.2, 0.25) is 76.8 Å². The van der Waals surface area contributed by atoms with Crippen LogP contribution in [0.4, 0.5) is 0 Å². The number of rotatable bonds is 47. The second kappa shape index (κ2) is 45.2. The summed E-state index contributed by atoms with van der Waals surface area (Å²) >= 11 is 0. The summed E-state index contributed by atoms with van der Waals surface area (Å²) in [7, 11) is 0. The lowest BCUT2D eigenvalue weighted by Crippen LogP contribution is -2.62. The van der Waals surface area contributed by atoms with E-state index in [9.17, 15) is 92.3 Å². The fraction of sp³-hybridized carbons (Fsp3) is 0.580. The monoisotopic (exact) mass is 1490 g/mol. The molecule has 0 radical (unpaired) electrons. The van der Waals surface area contributed by atoms with Gasteiger partial charge in [-0.2, -0.15) is 0 Å². The highest BCUT2D eigenvalue weighted by molar-refractivity contribution is 6.00. The van der Waals surface area contributed by atoms with Crippen molar-refractivity contribution in [3.63, 3.8) is 0 Å². The van der Waals surface area contributed by atoms with E-state index < -0.39 is 218 Å². The number of nitrogens with one attached hydrogen (secondary N) is 14. The highest BCUT2D eigenvalue weighted by atomic mass is 16.4. The predicted octanol–water partition coefficient (Wildman–Crippen LogP) is -5.77. The molecule has 0 unspecified atom stereocenters. The fourth-order valence-electron chi connectivity index (χ4n) is 10.6. The molecule has 13 amide bonds. The number of aliphatic carboxylic acids is 2. The third-order valence-electron chi connectivity index (χ3n) is 17.3. The van der Waals surface area contributed by atoms with Crippen LogP contribution in [-0.4, -0.2) is 232 Å². The summed E-state index contributed by atoms with van der Waals surface area (Å²) in [4.78, 5) is 206. The molecule has 0 aliphatic carbocycles. The number of amides is 13. The molecule has 14 atom stereocenters. The molecule has 588 valence electrons. The Labute approximate surface area is 614 Å². The van der Waals surface area contributed by atoms with E-state index in [0.29, 0.717) is 28.5 Å². The first-order valence-corrected chi connectivity index (χ1v) is 35.1. The minimum Gasteiger partial charge on any atom is -0.481 e. The topological polar surface area (TPSA) is 613 Å². The highest BCUT2D eigenvalue weighted by Crippen LogP contribution is 2.20. The van der Waals surface area contributed by atoms with Gasteiger partial charge >= 0.3 is 11.9 Å². The summed E-state index contributed by atoms with van der Waals surface area (Å²) in [6.07, 6.45) is -0.637. The van der Waals surface area contributed by atoms with E-state index >= 15 is 0 Å². The fourth-order valence-corrected chi connectivity index (χ4v) is 10.6. The average Bonchev–Trinajstić information content (AvgIpc) is 1.70. The van der Waals surface area contributed by atoms with Gasteiger partial charge in [0.1, 0.15) is 72.5 Å². The van der Waals surface area contributed by atoms with Gasteiger partial charge in [0.15, 0.2) is 0 Å². The number of aliphatic hydroxyl groups excluding tert-OH is 2. The van der Waals surface area contributed by atoms with E-state index in [1.807, 2.05) is 0 Å². The van der Waals surface area contributed by atoms with Crippen molar-refractivity contribution in [1.82, 2.24) is 74.1 Å². The van der Waals surface area contributed by atoms with Crippen molar-refractivity contribution in [2.45, 2.75) is 192 Å². The zero-order valence-corrected chi connectivity index (χ0v) is 61.2. The van der Waals surface area contributed by atoms with Crippen LogP contribution in [0.2, 0.25) is 0 Å². The van der Waals surface area contributed by atoms with Crippen LogP contribution in [0.25, 0.3) is 10.9 Å². The van der Waals surface area contributed by atoms with Gasteiger partial charge in [-0.05, 0) is 93.1 Å². The molecule has 2 aromatic carbocycles. The Morgan fingerprint density at radius 2 is 0.821 bits per heavy atom. The first kappa shape index (κ1) is 90.0. The molecule has 3 aromatic rings. The number of hydrogen-bond acceptors (Lipinski definition) is 21. The van der Waals surface area contributed by atoms with Crippen LogP contribution in [0.3, 0.4) is 0 Å². The van der Waals surface area contributed by atoms with E-state index in [1.165, 1.54) is 13.1 Å². The molecule has 26 N–H and O–H groups in total. The maximum absolute atomic E-state index is 14.5. The number of carboxylic acids is 2. The summed E-state index contributed by atoms with van der Waals surface area (Å²) in [5, 5.41) is 72.7. The number of fused-ring (bicyclic) bond motifs is 1. The standard InChI is InChI=1S/C69H108N18O19/c1-10-37(8)56(68(104)76-38(9)69(105)106)87-67(103)55(36(6)7)85-60(96)43(20-21-52(91)92)78-61(97)47(28-39-16-12-11-13-17-39)82-59(95)46(24-27-72)79-58(94)45(23-26-71)80-64(100)50(33-89)84-62(98)48(29-40-30-74-42-19-15-14-18-41(40)42)83-63(99)49(32-88)77-51(90)31-75-57(93)44(22-25-70)81-66(102)54(35(4)5)86-65(101)53(73)34(2)3/h11-19,30,34-38,43-50,53-56,74,88-89H,10,20-29,31-33,70-73H2,1-9H3,(H,75,93)(H,76,104)(H,77,90)(H,78,97)(H,79,94)(H,80,100)(H,81,102)(H,82,95)(H,83,99)(H,84,98)(H,85,96)(H,86,101)(H,87,103)(H,91,92)(H,105,106)/t37-,38-,43-,44+,45-,46+,47-,48+,49+,50-,53-,54+,55-,56+/m0/s1. The van der Waals surface area contributed by atoms with Crippen LogP contribution < -0.4 is 92.1 Å². The normalized spacial score (nSPS) is 15.3. The first-order valence-electron chi connectivity index (χ1n) is 35.1. The molecule has 1 aromatic heterocycles. The Kier molecular flexibility index (Phi) is 38.4. The van der Waals surface area contributed by atoms with Crippen LogP contribution in [0.1, 0.15) is 112 Å². The molecule has 3 rings (SSSR count). The Morgan fingerprint density at radius 3 is 1.30 bits per heavy atom. The largest absolute Gasteiger partial charge is 0.481 e. The van der Waals surface area contributed by atoms with Crippen molar-refractivity contribution in [3.05, 3.63) is 71.9 Å². The molecule has 37 heteroatoms. The van der Waals surface area contributed by atoms with Gasteiger partial charge in [0, 0.05) is 36.4 Å². The third-order valence-corrected chi connectivity index (χ3v) is 17.3. The minimum absolute atomic E-state index is 0.0989. The molecule has 106 heavy (non-hydrogen) atoms. The number of aromatic amines is 1. The van der Waals surface area contributed by atoms with Gasteiger partial charge in [-0.3, -0.25) is 71.9 Å².